The number of anilines is 1. The molecule has 0 atom stereocenters. The number of hydrogen-bond acceptors (Lipinski definition) is 4. The van der Waals surface area contributed by atoms with Crippen molar-refractivity contribution in [3.63, 3.8) is 0 Å². The highest BCUT2D eigenvalue weighted by atomic mass is 35.5. The number of thioether (sulfide) groups is 1. The Morgan fingerprint density at radius 2 is 2.23 bits per heavy atom. The van der Waals surface area contributed by atoms with E-state index in [0.29, 0.717) is 17.9 Å². The lowest BCUT2D eigenvalue weighted by Crippen LogP contribution is -2.28. The molecule has 0 saturated carbocycles. The first kappa shape index (κ1) is 20.3. The van der Waals surface area contributed by atoms with Gasteiger partial charge in [-0.25, -0.2) is 4.68 Å². The van der Waals surface area contributed by atoms with Gasteiger partial charge >= 0.3 is 6.18 Å². The van der Waals surface area contributed by atoms with Gasteiger partial charge in [0.2, 0.25) is 0 Å². The molecule has 1 amide bonds. The van der Waals surface area contributed by atoms with Crippen molar-refractivity contribution in [3.05, 3.63) is 47.4 Å². The van der Waals surface area contributed by atoms with E-state index in [1.165, 1.54) is 21.1 Å². The third-order valence-electron chi connectivity index (χ3n) is 3.25. The summed E-state index contributed by atoms with van der Waals surface area (Å²) >= 11 is 7.07. The molecule has 2 heterocycles. The smallest absolute Gasteiger partial charge is 0.305 e. The van der Waals surface area contributed by atoms with Gasteiger partial charge in [0, 0.05) is 24.6 Å². The van der Waals surface area contributed by atoms with Crippen molar-refractivity contribution in [3.8, 4) is 5.69 Å². The average Bonchev–Trinajstić information content (AvgIpc) is 2.97. The largest absolute Gasteiger partial charge is 0.389 e. The van der Waals surface area contributed by atoms with Crippen molar-refractivity contribution >= 4 is 35.0 Å². The van der Waals surface area contributed by atoms with Gasteiger partial charge in [-0.2, -0.15) is 18.3 Å². The van der Waals surface area contributed by atoms with Crippen LogP contribution in [0.2, 0.25) is 5.15 Å². The second-order valence-corrected chi connectivity index (χ2v) is 6.45. The normalized spacial score (nSPS) is 11.9. The minimum absolute atomic E-state index is 0.140. The molecule has 5 nitrogen and oxygen atoms in total. The Kier molecular flexibility index (Phi) is 7.10. The fourth-order valence-corrected chi connectivity index (χ4v) is 2.96. The number of rotatable bonds is 7. The number of carbonyl (C=O) groups excluding carboxylic acids is 1. The lowest BCUT2D eigenvalue weighted by Gasteiger charge is -2.17. The van der Waals surface area contributed by atoms with Gasteiger partial charge in [-0.3, -0.25) is 9.78 Å². The van der Waals surface area contributed by atoms with Crippen molar-refractivity contribution in [2.45, 2.75) is 19.5 Å². The van der Waals surface area contributed by atoms with E-state index in [-0.39, 0.29) is 16.8 Å². The van der Waals surface area contributed by atoms with Crippen LogP contribution in [0, 0.1) is 0 Å². The van der Waals surface area contributed by atoms with Crippen LogP contribution in [0.1, 0.15) is 13.3 Å². The van der Waals surface area contributed by atoms with Crippen LogP contribution in [-0.4, -0.2) is 39.1 Å². The number of alkyl halides is 3. The number of pyridine rings is 1. The maximum atomic E-state index is 12.3. The lowest BCUT2D eigenvalue weighted by atomic mass is 10.4. The summed E-state index contributed by atoms with van der Waals surface area (Å²) in [6.07, 6.45) is 0.945. The number of hydrogen-bond donors (Lipinski definition) is 0. The van der Waals surface area contributed by atoms with Gasteiger partial charge in [0.1, 0.15) is 5.69 Å². The molecule has 0 aliphatic rings. The van der Waals surface area contributed by atoms with E-state index in [2.05, 4.69) is 10.1 Å². The lowest BCUT2D eigenvalue weighted by molar-refractivity contribution is -0.129. The molecule has 0 unspecified atom stereocenters. The first-order chi connectivity index (χ1) is 12.3. The predicted molar refractivity (Wildman–Crippen MR) is 96.7 cm³/mol. The van der Waals surface area contributed by atoms with Crippen molar-refractivity contribution in [2.24, 2.45) is 0 Å². The summed E-state index contributed by atoms with van der Waals surface area (Å²) in [5.41, 5.74) is 1.09. The Labute approximate surface area is 157 Å². The summed E-state index contributed by atoms with van der Waals surface area (Å²) in [6, 6.07) is 3.53. The summed E-state index contributed by atoms with van der Waals surface area (Å²) < 4.78 is 37.8. The van der Waals surface area contributed by atoms with E-state index >= 15 is 0 Å². The minimum Gasteiger partial charge on any atom is -0.305 e. The molecule has 0 radical (unpaired) electrons. The Hall–Kier alpha value is -2.00. The first-order valence-electron chi connectivity index (χ1n) is 7.64. The molecule has 0 fully saturated rings. The summed E-state index contributed by atoms with van der Waals surface area (Å²) in [5.74, 6) is -0.529. The molecule has 2 rings (SSSR count). The predicted octanol–water partition coefficient (Wildman–Crippen LogP) is 4.47. The first-order valence-corrected chi connectivity index (χ1v) is 9.06. The number of amides is 1. The Bertz CT molecular complexity index is 765. The minimum atomic E-state index is -4.20. The Morgan fingerprint density at radius 1 is 1.46 bits per heavy atom. The number of aromatic nitrogens is 3. The van der Waals surface area contributed by atoms with E-state index in [0.717, 1.165) is 11.8 Å². The van der Waals surface area contributed by atoms with Crippen LogP contribution >= 0.6 is 23.4 Å². The van der Waals surface area contributed by atoms with Gasteiger partial charge in [0.05, 0.1) is 24.5 Å². The highest BCUT2D eigenvalue weighted by molar-refractivity contribution is 8.02. The van der Waals surface area contributed by atoms with Crippen molar-refractivity contribution in [1.82, 2.24) is 14.8 Å². The van der Waals surface area contributed by atoms with Gasteiger partial charge in [-0.05, 0) is 24.5 Å². The highest BCUT2D eigenvalue weighted by Crippen LogP contribution is 2.26. The third kappa shape index (κ3) is 5.77. The maximum Gasteiger partial charge on any atom is 0.389 e. The van der Waals surface area contributed by atoms with Gasteiger partial charge in [-0.1, -0.05) is 11.6 Å². The molecular weight excluding hydrogens is 389 g/mol. The van der Waals surface area contributed by atoms with E-state index < -0.39 is 12.6 Å². The monoisotopic (exact) mass is 404 g/mol. The zero-order valence-electron chi connectivity index (χ0n) is 13.8. The second-order valence-electron chi connectivity index (χ2n) is 5.08. The number of nitrogens with zero attached hydrogens (tertiary/aromatic N) is 4. The van der Waals surface area contributed by atoms with Crippen LogP contribution in [-0.2, 0) is 4.79 Å². The van der Waals surface area contributed by atoms with Crippen LogP contribution in [0.25, 0.3) is 5.69 Å². The Morgan fingerprint density at radius 3 is 2.85 bits per heavy atom. The molecule has 2 aromatic rings. The summed E-state index contributed by atoms with van der Waals surface area (Å²) in [5, 5.41) is 5.66. The molecule has 0 N–H and O–H groups in total. The third-order valence-corrected chi connectivity index (χ3v) is 4.28. The average molecular weight is 405 g/mol. The maximum absolute atomic E-state index is 12.3. The summed E-state index contributed by atoms with van der Waals surface area (Å²) in [6.45, 7) is 2.09. The molecule has 0 aromatic carbocycles. The molecule has 0 bridgehead atoms. The molecule has 0 spiro atoms. The molecule has 10 heteroatoms. The van der Waals surface area contributed by atoms with Crippen molar-refractivity contribution in [1.29, 1.82) is 0 Å². The number of likely N-dealkylation sites (N-methyl/N-ethyl adjacent to an activating group) is 1. The fourth-order valence-electron chi connectivity index (χ4n) is 2.03. The zero-order valence-corrected chi connectivity index (χ0v) is 15.4. The second kappa shape index (κ2) is 9.09. The Balaban J connectivity index is 2.06. The van der Waals surface area contributed by atoms with Crippen molar-refractivity contribution < 1.29 is 18.0 Å². The van der Waals surface area contributed by atoms with Gasteiger partial charge < -0.3 is 4.90 Å². The van der Waals surface area contributed by atoms with Gasteiger partial charge in [-0.15, -0.1) is 11.8 Å². The van der Waals surface area contributed by atoms with E-state index in [4.69, 9.17) is 11.6 Å². The SMILES string of the molecule is CCN(C(=O)C=CSCCC(F)(F)F)c1cn(-c2cccnc2)nc1Cl. The molecule has 2 aromatic heterocycles. The van der Waals surface area contributed by atoms with Crippen LogP contribution in [0.3, 0.4) is 0 Å². The van der Waals surface area contributed by atoms with Gasteiger partial charge in [0.25, 0.3) is 5.91 Å². The number of carbonyl (C=O) groups is 1. The number of halogens is 4. The summed E-state index contributed by atoms with van der Waals surface area (Å²) in [4.78, 5) is 17.7. The molecule has 0 saturated heterocycles. The van der Waals surface area contributed by atoms with E-state index in [9.17, 15) is 18.0 Å². The molecular formula is C16H16ClF3N4OS. The van der Waals surface area contributed by atoms with Crippen LogP contribution < -0.4 is 4.90 Å². The van der Waals surface area contributed by atoms with E-state index in [1.54, 1.807) is 37.6 Å². The quantitative estimate of drug-likeness (QED) is 0.504. The molecule has 140 valence electrons. The molecule has 26 heavy (non-hydrogen) atoms. The summed E-state index contributed by atoms with van der Waals surface area (Å²) in [7, 11) is 0. The standard InChI is InChI=1S/C16H16ClF3N4OS/c1-2-23(14(25)5-8-26-9-6-16(18,19)20)13-11-24(22-15(13)17)12-4-3-7-21-10-12/h3-5,7-8,10-11H,2,6,9H2,1H3. The van der Waals surface area contributed by atoms with Crippen molar-refractivity contribution in [2.75, 3.05) is 17.2 Å². The fraction of sp³-hybridized carbons (Fsp3) is 0.312. The molecule has 0 aliphatic heterocycles. The molecule has 0 aliphatic carbocycles. The topological polar surface area (TPSA) is 51.0 Å². The van der Waals surface area contributed by atoms with E-state index in [1.807, 2.05) is 0 Å². The van der Waals surface area contributed by atoms with Crippen LogP contribution in [0.4, 0.5) is 18.9 Å². The van der Waals surface area contributed by atoms with Crippen LogP contribution in [0.5, 0.6) is 0 Å². The van der Waals surface area contributed by atoms with Crippen LogP contribution in [0.15, 0.2) is 42.2 Å². The zero-order chi connectivity index (χ0) is 19.2. The highest BCUT2D eigenvalue weighted by Gasteiger charge is 2.26. The van der Waals surface area contributed by atoms with Gasteiger partial charge in [0.15, 0.2) is 5.15 Å².